The third-order valence-corrected chi connectivity index (χ3v) is 0.772. The summed E-state index contributed by atoms with van der Waals surface area (Å²) in [6, 6.07) is 0. The fourth-order valence-corrected chi connectivity index (χ4v) is 0.380. The fourth-order valence-electron chi connectivity index (χ4n) is 0.172. The Labute approximate surface area is 49.8 Å². The van der Waals surface area contributed by atoms with Gasteiger partial charge in [0.25, 0.3) is 0 Å². The first kappa shape index (κ1) is 7.23. The lowest BCUT2D eigenvalue weighted by atomic mass is 10.6. The molecule has 0 bridgehead atoms. The van der Waals surface area contributed by atoms with Crippen LogP contribution in [-0.4, -0.2) is 8.42 Å². The summed E-state index contributed by atoms with van der Waals surface area (Å²) in [6.45, 7) is 3.33. The molecule has 0 rings (SSSR count). The smallest absolute Gasteiger partial charge is 0.222 e. The number of allylic oxidation sites excluding steroid dienone is 2. The molecule has 0 aromatic heterocycles. The van der Waals surface area contributed by atoms with Gasteiger partial charge in [0.15, 0.2) is 0 Å². The zero-order valence-corrected chi connectivity index (χ0v) is 5.10. The van der Waals surface area contributed by atoms with Gasteiger partial charge in [0.05, 0.1) is 0 Å². The van der Waals surface area contributed by atoms with Crippen LogP contribution < -0.4 is 4.72 Å². The third-order valence-electron chi connectivity index (χ3n) is 0.412. The third kappa shape index (κ3) is 5.23. The molecule has 0 aliphatic carbocycles. The lowest BCUT2D eigenvalue weighted by Crippen LogP contribution is -1.98. The second kappa shape index (κ2) is 4.39. The van der Waals surface area contributed by atoms with Crippen LogP contribution in [0.15, 0.2) is 24.9 Å². The maximum atomic E-state index is 9.71. The number of hydrogen-bond donors (Lipinski definition) is 2. The number of thiol groups is 1. The Bertz CT molecular complexity index is 151. The average Bonchev–Trinajstić information content (AvgIpc) is 1.66. The molecule has 0 spiro atoms. The second-order valence-corrected chi connectivity index (χ2v) is 1.75. The molecule has 0 unspecified atom stereocenters. The number of rotatable bonds is 3. The molecule has 1 N–H and O–H groups in total. The quantitative estimate of drug-likeness (QED) is 0.414. The van der Waals surface area contributed by atoms with Gasteiger partial charge in [0.1, 0.15) is 0 Å². The molecule has 4 heteroatoms. The van der Waals surface area contributed by atoms with E-state index in [0.717, 1.165) is 0 Å². The lowest BCUT2D eigenvalue weighted by Gasteiger charge is -1.78. The van der Waals surface area contributed by atoms with E-state index in [9.17, 15) is 8.42 Å². The number of hydrogen-bond acceptors (Lipinski definition) is 2. The van der Waals surface area contributed by atoms with E-state index >= 15 is 0 Å². The zero-order chi connectivity index (χ0) is 6.41. The van der Waals surface area contributed by atoms with Crippen LogP contribution in [0, 0.1) is 0 Å². The van der Waals surface area contributed by atoms with Crippen LogP contribution in [0.3, 0.4) is 0 Å². The van der Waals surface area contributed by atoms with Crippen molar-refractivity contribution in [2.45, 2.75) is 0 Å². The van der Waals surface area contributed by atoms with Gasteiger partial charge in [-0.1, -0.05) is 12.7 Å². The highest BCUT2D eigenvalue weighted by molar-refractivity contribution is 7.70. The maximum absolute atomic E-state index is 9.71. The lowest BCUT2D eigenvalue weighted by molar-refractivity contribution is 0.610. The summed E-state index contributed by atoms with van der Waals surface area (Å²) in [5.74, 6) is 0. The summed E-state index contributed by atoms with van der Waals surface area (Å²) < 4.78 is 21.5. The molecular weight excluding hydrogens is 126 g/mol. The minimum absolute atomic E-state index is 1.29. The minimum atomic E-state index is -2.50. The Morgan fingerprint density at radius 2 is 2.12 bits per heavy atom. The second-order valence-electron chi connectivity index (χ2n) is 0.981. The first-order chi connectivity index (χ1) is 3.77. The zero-order valence-electron chi connectivity index (χ0n) is 4.20. The Morgan fingerprint density at radius 3 is 2.50 bits per heavy atom. The van der Waals surface area contributed by atoms with Crippen molar-refractivity contribution >= 4 is 10.9 Å². The van der Waals surface area contributed by atoms with Crippen molar-refractivity contribution in [2.75, 3.05) is 0 Å². The predicted molar refractivity (Wildman–Crippen MR) is 32.8 cm³/mol. The van der Waals surface area contributed by atoms with Crippen LogP contribution in [0.4, 0.5) is 0 Å². The van der Waals surface area contributed by atoms with Crippen molar-refractivity contribution in [3.63, 3.8) is 0 Å². The Morgan fingerprint density at radius 1 is 1.50 bits per heavy atom. The highest BCUT2D eigenvalue weighted by Crippen LogP contribution is 1.65. The maximum Gasteiger partial charge on any atom is 0.222 e. The summed E-state index contributed by atoms with van der Waals surface area (Å²) in [5.41, 5.74) is 0. The largest absolute Gasteiger partial charge is 0.293 e. The molecule has 0 amide bonds. The molecule has 0 atom stereocenters. The molecule has 46 valence electrons. The Kier molecular flexibility index (Phi) is 3.97. The van der Waals surface area contributed by atoms with E-state index in [0.29, 0.717) is 0 Å². The van der Waals surface area contributed by atoms with Gasteiger partial charge in [-0.2, -0.15) is 0 Å². The van der Waals surface area contributed by atoms with E-state index in [1.54, 1.807) is 0 Å². The van der Waals surface area contributed by atoms with Gasteiger partial charge in [-0.05, 0) is 6.08 Å². The first-order valence-electron chi connectivity index (χ1n) is 1.95. The van der Waals surface area contributed by atoms with Crippen LogP contribution in [0.1, 0.15) is 0 Å². The monoisotopic (exact) mass is 133 g/mol. The molecule has 0 heterocycles. The summed E-state index contributed by atoms with van der Waals surface area (Å²) in [4.78, 5) is 0. The first-order valence-corrected chi connectivity index (χ1v) is 3.13. The Balaban J connectivity index is 3.44. The summed E-state index contributed by atoms with van der Waals surface area (Å²) in [7, 11) is -2.50. The standard InChI is InChI=1S/C4H7NO2S/c1-2-3-4-5-8(6)7/h2-4,8H,1H2,(H,5,6,7)/b4-3+. The molecule has 0 fully saturated rings. The van der Waals surface area contributed by atoms with Crippen LogP contribution in [0.2, 0.25) is 0 Å². The summed E-state index contributed by atoms with van der Waals surface area (Å²) >= 11 is 0. The van der Waals surface area contributed by atoms with Gasteiger partial charge in [0.2, 0.25) is 10.9 Å². The van der Waals surface area contributed by atoms with Gasteiger partial charge in [-0.3, -0.25) is 4.72 Å². The van der Waals surface area contributed by atoms with Gasteiger partial charge in [-0.15, -0.1) is 0 Å². The van der Waals surface area contributed by atoms with Crippen LogP contribution >= 0.6 is 0 Å². The van der Waals surface area contributed by atoms with E-state index in [4.69, 9.17) is 0 Å². The average molecular weight is 133 g/mol. The van der Waals surface area contributed by atoms with Crippen LogP contribution in [0.5, 0.6) is 0 Å². The Hall–Kier alpha value is -0.770. The van der Waals surface area contributed by atoms with Crippen molar-refractivity contribution in [2.24, 2.45) is 0 Å². The van der Waals surface area contributed by atoms with Crippen molar-refractivity contribution < 1.29 is 8.42 Å². The summed E-state index contributed by atoms with van der Waals surface area (Å²) in [5, 5.41) is 0. The van der Waals surface area contributed by atoms with Crippen molar-refractivity contribution in [3.05, 3.63) is 24.9 Å². The van der Waals surface area contributed by atoms with E-state index < -0.39 is 10.9 Å². The minimum Gasteiger partial charge on any atom is -0.293 e. The summed E-state index contributed by atoms with van der Waals surface area (Å²) in [6.07, 6.45) is 4.26. The molecular formula is C4H7NO2S. The van der Waals surface area contributed by atoms with Crippen molar-refractivity contribution in [1.82, 2.24) is 4.72 Å². The molecule has 0 aliphatic heterocycles. The fraction of sp³-hybridized carbons (Fsp3) is 0. The molecule has 8 heavy (non-hydrogen) atoms. The number of nitrogens with one attached hydrogen (secondary N) is 1. The topological polar surface area (TPSA) is 46.2 Å². The van der Waals surface area contributed by atoms with Gasteiger partial charge >= 0.3 is 0 Å². The van der Waals surface area contributed by atoms with Crippen LogP contribution in [0.25, 0.3) is 0 Å². The molecule has 0 saturated carbocycles. The van der Waals surface area contributed by atoms with E-state index in [1.807, 2.05) is 4.72 Å². The van der Waals surface area contributed by atoms with Gasteiger partial charge in [0, 0.05) is 6.20 Å². The van der Waals surface area contributed by atoms with Crippen molar-refractivity contribution in [1.29, 1.82) is 0 Å². The predicted octanol–water partition coefficient (Wildman–Crippen LogP) is -0.198. The molecule has 3 nitrogen and oxygen atoms in total. The molecule has 0 radical (unpaired) electrons. The van der Waals surface area contributed by atoms with Gasteiger partial charge < -0.3 is 0 Å². The van der Waals surface area contributed by atoms with E-state index in [2.05, 4.69) is 6.58 Å². The van der Waals surface area contributed by atoms with Gasteiger partial charge in [-0.25, -0.2) is 8.42 Å². The SMILES string of the molecule is C=C/C=C/N[SH](=O)=O. The van der Waals surface area contributed by atoms with Crippen molar-refractivity contribution in [3.8, 4) is 0 Å². The van der Waals surface area contributed by atoms with E-state index in [-0.39, 0.29) is 0 Å². The van der Waals surface area contributed by atoms with E-state index in [1.165, 1.54) is 18.4 Å². The molecule has 0 saturated heterocycles. The highest BCUT2D eigenvalue weighted by atomic mass is 32.2. The molecule has 0 aliphatic rings. The molecule has 0 aromatic rings. The highest BCUT2D eigenvalue weighted by Gasteiger charge is 1.67. The molecule has 0 aromatic carbocycles. The normalized spacial score (nSPS) is 10.1. The van der Waals surface area contributed by atoms with Crippen LogP contribution in [-0.2, 0) is 10.9 Å².